The first kappa shape index (κ1) is 19.7. The number of carbonyl (C=O) groups is 3. The van der Waals surface area contributed by atoms with E-state index in [-0.39, 0.29) is 24.1 Å². The maximum atomic E-state index is 12.9. The number of nitrogens with zero attached hydrogens (tertiary/aromatic N) is 2. The standard InChI is InChI=1S/C23H30N4O3/c28-20-6-5-19(21(29)25-20)27-15-17-13-16(3-4-18(17)22(27)30)14-26-12-2-1-7-23(26)8-10-24-11-9-23/h3-4,13,19,24H,1-2,5-12,14-15H2,(H,25,28,29). The molecule has 3 amide bonds. The first-order valence-corrected chi connectivity index (χ1v) is 11.3. The Bertz CT molecular complexity index is 869. The van der Waals surface area contributed by atoms with Crippen molar-refractivity contribution in [3.05, 3.63) is 34.9 Å². The van der Waals surface area contributed by atoms with Crippen molar-refractivity contribution in [1.82, 2.24) is 20.4 Å². The zero-order valence-corrected chi connectivity index (χ0v) is 17.4. The van der Waals surface area contributed by atoms with Crippen molar-refractivity contribution in [2.45, 2.75) is 69.6 Å². The maximum absolute atomic E-state index is 12.9. The third-order valence-corrected chi connectivity index (χ3v) is 7.49. The number of hydrogen-bond donors (Lipinski definition) is 2. The molecule has 160 valence electrons. The van der Waals surface area contributed by atoms with Gasteiger partial charge in [-0.05, 0) is 68.9 Å². The van der Waals surface area contributed by atoms with Crippen molar-refractivity contribution >= 4 is 17.7 Å². The Hall–Kier alpha value is -2.25. The molecule has 4 heterocycles. The van der Waals surface area contributed by atoms with Gasteiger partial charge in [-0.15, -0.1) is 0 Å². The van der Waals surface area contributed by atoms with Crippen LogP contribution >= 0.6 is 0 Å². The molecule has 1 aromatic carbocycles. The number of carbonyl (C=O) groups excluding carboxylic acids is 3. The van der Waals surface area contributed by atoms with E-state index in [2.05, 4.69) is 27.7 Å². The molecule has 0 saturated carbocycles. The van der Waals surface area contributed by atoms with Crippen LogP contribution in [-0.2, 0) is 22.7 Å². The molecule has 1 unspecified atom stereocenters. The highest BCUT2D eigenvalue weighted by molar-refractivity contribution is 6.05. The van der Waals surface area contributed by atoms with Gasteiger partial charge >= 0.3 is 0 Å². The topological polar surface area (TPSA) is 81.8 Å². The molecule has 0 bridgehead atoms. The van der Waals surface area contributed by atoms with Crippen LogP contribution in [0.25, 0.3) is 0 Å². The fourth-order valence-electron chi connectivity index (χ4n) is 5.80. The molecule has 2 N–H and O–H groups in total. The largest absolute Gasteiger partial charge is 0.322 e. The van der Waals surface area contributed by atoms with Gasteiger partial charge in [0.25, 0.3) is 5.91 Å². The molecule has 1 atom stereocenters. The number of nitrogens with one attached hydrogen (secondary N) is 2. The van der Waals surface area contributed by atoms with E-state index in [0.717, 1.165) is 31.7 Å². The third kappa shape index (κ3) is 3.44. The number of hydrogen-bond acceptors (Lipinski definition) is 5. The van der Waals surface area contributed by atoms with Crippen LogP contribution in [-0.4, -0.2) is 58.7 Å². The van der Waals surface area contributed by atoms with Gasteiger partial charge < -0.3 is 10.2 Å². The van der Waals surface area contributed by atoms with Gasteiger partial charge in [0.1, 0.15) is 6.04 Å². The van der Waals surface area contributed by atoms with Crippen LogP contribution in [0.1, 0.15) is 66.4 Å². The number of imide groups is 1. The Labute approximate surface area is 177 Å². The molecule has 5 rings (SSSR count). The van der Waals surface area contributed by atoms with Crippen LogP contribution < -0.4 is 10.6 Å². The van der Waals surface area contributed by atoms with Gasteiger partial charge in [-0.1, -0.05) is 18.6 Å². The van der Waals surface area contributed by atoms with E-state index in [0.29, 0.717) is 24.1 Å². The lowest BCUT2D eigenvalue weighted by Gasteiger charge is -2.50. The molecule has 3 fully saturated rings. The predicted octanol–water partition coefficient (Wildman–Crippen LogP) is 1.56. The average molecular weight is 411 g/mol. The molecular formula is C23H30N4O3. The second-order valence-corrected chi connectivity index (χ2v) is 9.24. The van der Waals surface area contributed by atoms with Crippen molar-refractivity contribution in [2.75, 3.05) is 19.6 Å². The molecule has 3 saturated heterocycles. The average Bonchev–Trinajstić information content (AvgIpc) is 3.06. The first-order valence-electron chi connectivity index (χ1n) is 11.3. The van der Waals surface area contributed by atoms with E-state index in [1.165, 1.54) is 37.7 Å². The SMILES string of the molecule is O=C1CCC(N2Cc3cc(CN4CCCCC45CCNCC5)ccc3C2=O)C(=O)N1. The number of piperidine rings is 3. The van der Waals surface area contributed by atoms with E-state index in [1.807, 2.05) is 6.07 Å². The number of benzene rings is 1. The minimum atomic E-state index is -0.550. The molecule has 1 aromatic rings. The van der Waals surface area contributed by atoms with Crippen molar-refractivity contribution < 1.29 is 14.4 Å². The summed E-state index contributed by atoms with van der Waals surface area (Å²) in [6.07, 6.45) is 6.95. The zero-order chi connectivity index (χ0) is 20.7. The summed E-state index contributed by atoms with van der Waals surface area (Å²) >= 11 is 0. The summed E-state index contributed by atoms with van der Waals surface area (Å²) in [4.78, 5) is 40.9. The lowest BCUT2D eigenvalue weighted by Crippen LogP contribution is -2.56. The highest BCUT2D eigenvalue weighted by Crippen LogP contribution is 2.37. The summed E-state index contributed by atoms with van der Waals surface area (Å²) in [5, 5.41) is 5.87. The van der Waals surface area contributed by atoms with Crippen LogP contribution in [0.5, 0.6) is 0 Å². The Morgan fingerprint density at radius 1 is 1.07 bits per heavy atom. The van der Waals surface area contributed by atoms with Gasteiger partial charge in [-0.2, -0.15) is 0 Å². The molecule has 0 aromatic heterocycles. The van der Waals surface area contributed by atoms with Crippen LogP contribution in [0.2, 0.25) is 0 Å². The molecule has 4 aliphatic heterocycles. The van der Waals surface area contributed by atoms with Gasteiger partial charge in [-0.3, -0.25) is 24.6 Å². The highest BCUT2D eigenvalue weighted by Gasteiger charge is 2.41. The van der Waals surface area contributed by atoms with Crippen molar-refractivity contribution in [3.8, 4) is 0 Å². The van der Waals surface area contributed by atoms with E-state index in [9.17, 15) is 14.4 Å². The molecule has 7 nitrogen and oxygen atoms in total. The Balaban J connectivity index is 1.33. The Morgan fingerprint density at radius 3 is 2.70 bits per heavy atom. The van der Waals surface area contributed by atoms with E-state index >= 15 is 0 Å². The maximum Gasteiger partial charge on any atom is 0.255 e. The van der Waals surface area contributed by atoms with E-state index < -0.39 is 6.04 Å². The molecule has 0 aliphatic carbocycles. The summed E-state index contributed by atoms with van der Waals surface area (Å²) in [6.45, 7) is 4.69. The van der Waals surface area contributed by atoms with Crippen molar-refractivity contribution in [1.29, 1.82) is 0 Å². The fourth-order valence-corrected chi connectivity index (χ4v) is 5.80. The normalized spacial score (nSPS) is 26.7. The van der Waals surface area contributed by atoms with Crippen LogP contribution in [0.15, 0.2) is 18.2 Å². The predicted molar refractivity (Wildman–Crippen MR) is 112 cm³/mol. The molecule has 0 radical (unpaired) electrons. The van der Waals surface area contributed by atoms with Crippen LogP contribution in [0.4, 0.5) is 0 Å². The number of fused-ring (bicyclic) bond motifs is 1. The summed E-state index contributed by atoms with van der Waals surface area (Å²) in [6, 6.07) is 5.61. The van der Waals surface area contributed by atoms with E-state index in [4.69, 9.17) is 0 Å². The minimum Gasteiger partial charge on any atom is -0.322 e. The highest BCUT2D eigenvalue weighted by atomic mass is 16.2. The van der Waals surface area contributed by atoms with Gasteiger partial charge in [0.15, 0.2) is 0 Å². The summed E-state index contributed by atoms with van der Waals surface area (Å²) in [5.41, 5.74) is 3.25. The van der Waals surface area contributed by atoms with Gasteiger partial charge in [0, 0.05) is 30.6 Å². The fraction of sp³-hybridized carbons (Fsp3) is 0.609. The number of rotatable bonds is 3. The third-order valence-electron chi connectivity index (χ3n) is 7.49. The molecule has 30 heavy (non-hydrogen) atoms. The van der Waals surface area contributed by atoms with Crippen LogP contribution in [0, 0.1) is 0 Å². The Kier molecular flexibility index (Phi) is 5.11. The lowest BCUT2D eigenvalue weighted by molar-refractivity contribution is -0.136. The summed E-state index contributed by atoms with van der Waals surface area (Å²) < 4.78 is 0. The second kappa shape index (κ2) is 7.78. The second-order valence-electron chi connectivity index (χ2n) is 9.24. The van der Waals surface area contributed by atoms with Gasteiger partial charge in [-0.25, -0.2) is 0 Å². The monoisotopic (exact) mass is 410 g/mol. The Morgan fingerprint density at radius 2 is 1.90 bits per heavy atom. The lowest BCUT2D eigenvalue weighted by atomic mass is 9.79. The van der Waals surface area contributed by atoms with E-state index in [1.54, 1.807) is 4.90 Å². The van der Waals surface area contributed by atoms with Crippen LogP contribution in [0.3, 0.4) is 0 Å². The smallest absolute Gasteiger partial charge is 0.255 e. The number of amides is 3. The first-order chi connectivity index (χ1) is 14.6. The zero-order valence-electron chi connectivity index (χ0n) is 17.4. The number of likely N-dealkylation sites (tertiary alicyclic amines) is 1. The van der Waals surface area contributed by atoms with Crippen molar-refractivity contribution in [3.63, 3.8) is 0 Å². The molecule has 7 heteroatoms. The summed E-state index contributed by atoms with van der Waals surface area (Å²) in [5.74, 6) is -0.705. The quantitative estimate of drug-likeness (QED) is 0.739. The minimum absolute atomic E-state index is 0.0983. The molecule has 4 aliphatic rings. The molecule has 1 spiro atoms. The summed E-state index contributed by atoms with van der Waals surface area (Å²) in [7, 11) is 0. The van der Waals surface area contributed by atoms with Gasteiger partial charge in [0.05, 0.1) is 0 Å². The molecular weight excluding hydrogens is 380 g/mol. The van der Waals surface area contributed by atoms with Crippen molar-refractivity contribution in [2.24, 2.45) is 0 Å². The van der Waals surface area contributed by atoms with Gasteiger partial charge in [0.2, 0.25) is 11.8 Å².